The molecule has 1 aromatic heterocycles. The lowest BCUT2D eigenvalue weighted by molar-refractivity contribution is 0.0991. The van der Waals surface area contributed by atoms with Crippen LogP contribution in [0.3, 0.4) is 0 Å². The Morgan fingerprint density at radius 3 is 2.09 bits per heavy atom. The highest BCUT2D eigenvalue weighted by Gasteiger charge is 2.17. The lowest BCUT2D eigenvalue weighted by Crippen LogP contribution is -2.31. The molecule has 0 bridgehead atoms. The monoisotopic (exact) mass is 304 g/mol. The Bertz CT molecular complexity index is 871. The average Bonchev–Trinajstić information content (AvgIpc) is 2.62. The van der Waals surface area contributed by atoms with E-state index in [1.54, 1.807) is 19.2 Å². The van der Waals surface area contributed by atoms with Crippen LogP contribution < -0.4 is 10.5 Å². The second-order valence-electron chi connectivity index (χ2n) is 5.18. The van der Waals surface area contributed by atoms with Crippen molar-refractivity contribution in [2.24, 2.45) is 0 Å². The van der Waals surface area contributed by atoms with Crippen LogP contribution in [0.4, 0.5) is 5.69 Å². The van der Waals surface area contributed by atoms with Crippen LogP contribution in [0.1, 0.15) is 10.4 Å². The topological polar surface area (TPSA) is 53.2 Å². The van der Waals surface area contributed by atoms with E-state index in [1.807, 2.05) is 60.7 Å². The molecule has 0 aliphatic heterocycles. The van der Waals surface area contributed by atoms with Gasteiger partial charge in [0.1, 0.15) is 5.56 Å². The number of carbonyl (C=O) groups excluding carboxylic acids is 1. The van der Waals surface area contributed by atoms with Crippen molar-refractivity contribution in [3.63, 3.8) is 0 Å². The molecule has 0 aliphatic rings. The fourth-order valence-electron chi connectivity index (χ4n) is 2.38. The fraction of sp³-hybridized carbons (Fsp3) is 0.0526. The molecule has 4 nitrogen and oxygen atoms in total. The van der Waals surface area contributed by atoms with Gasteiger partial charge in [-0.3, -0.25) is 9.59 Å². The molecule has 0 aliphatic carbocycles. The maximum Gasteiger partial charge on any atom is 0.263 e. The van der Waals surface area contributed by atoms with E-state index in [4.69, 9.17) is 0 Å². The smallest absolute Gasteiger partial charge is 0.263 e. The molecule has 2 aromatic carbocycles. The molecule has 1 N–H and O–H groups in total. The summed E-state index contributed by atoms with van der Waals surface area (Å²) in [4.78, 5) is 29.0. The Labute approximate surface area is 134 Å². The Hall–Kier alpha value is -3.14. The summed E-state index contributed by atoms with van der Waals surface area (Å²) in [6, 6.07) is 22.1. The summed E-state index contributed by atoms with van der Waals surface area (Å²) in [7, 11) is 1.65. The van der Waals surface area contributed by atoms with Gasteiger partial charge in [-0.2, -0.15) is 0 Å². The van der Waals surface area contributed by atoms with Crippen molar-refractivity contribution >= 4 is 11.6 Å². The van der Waals surface area contributed by atoms with Crippen molar-refractivity contribution in [3.8, 4) is 11.3 Å². The highest BCUT2D eigenvalue weighted by atomic mass is 16.2. The summed E-state index contributed by atoms with van der Waals surface area (Å²) in [6.07, 6.45) is 0. The molecular formula is C19H16N2O2. The fourth-order valence-corrected chi connectivity index (χ4v) is 2.38. The molecule has 23 heavy (non-hydrogen) atoms. The van der Waals surface area contributed by atoms with Gasteiger partial charge in [0.05, 0.1) is 0 Å². The van der Waals surface area contributed by atoms with Crippen LogP contribution in [0.5, 0.6) is 0 Å². The highest BCUT2D eigenvalue weighted by molar-refractivity contribution is 6.05. The van der Waals surface area contributed by atoms with Gasteiger partial charge >= 0.3 is 0 Å². The number of anilines is 1. The van der Waals surface area contributed by atoms with Crippen molar-refractivity contribution in [1.82, 2.24) is 4.98 Å². The molecular weight excluding hydrogens is 288 g/mol. The molecule has 3 aromatic rings. The second kappa shape index (κ2) is 6.32. The van der Waals surface area contributed by atoms with Gasteiger partial charge in [-0.25, -0.2) is 0 Å². The molecule has 0 unspecified atom stereocenters. The predicted octanol–water partition coefficient (Wildman–Crippen LogP) is 3.32. The molecule has 0 fully saturated rings. The number of pyridine rings is 1. The number of nitrogens with zero attached hydrogens (tertiary/aromatic N) is 1. The normalized spacial score (nSPS) is 10.3. The van der Waals surface area contributed by atoms with Crippen molar-refractivity contribution < 1.29 is 4.79 Å². The molecule has 0 radical (unpaired) electrons. The van der Waals surface area contributed by atoms with Crippen LogP contribution >= 0.6 is 0 Å². The summed E-state index contributed by atoms with van der Waals surface area (Å²) in [5.74, 6) is -0.336. The summed E-state index contributed by atoms with van der Waals surface area (Å²) in [5, 5.41) is 0. The quantitative estimate of drug-likeness (QED) is 0.807. The van der Waals surface area contributed by atoms with E-state index in [-0.39, 0.29) is 17.0 Å². The second-order valence-corrected chi connectivity index (χ2v) is 5.18. The number of nitrogens with one attached hydrogen (secondary N) is 1. The van der Waals surface area contributed by atoms with Gasteiger partial charge in [0.2, 0.25) is 0 Å². The molecule has 1 amide bonds. The van der Waals surface area contributed by atoms with E-state index in [9.17, 15) is 9.59 Å². The van der Waals surface area contributed by atoms with Crippen LogP contribution in [-0.2, 0) is 0 Å². The van der Waals surface area contributed by atoms with Gasteiger partial charge in [0, 0.05) is 18.4 Å². The van der Waals surface area contributed by atoms with Gasteiger partial charge in [-0.1, -0.05) is 48.5 Å². The van der Waals surface area contributed by atoms with E-state index in [2.05, 4.69) is 4.98 Å². The molecule has 114 valence electrons. The minimum absolute atomic E-state index is 0.121. The Kier molecular flexibility index (Phi) is 4.06. The van der Waals surface area contributed by atoms with Crippen molar-refractivity contribution in [1.29, 1.82) is 0 Å². The van der Waals surface area contributed by atoms with Gasteiger partial charge in [-0.15, -0.1) is 0 Å². The lowest BCUT2D eigenvalue weighted by atomic mass is 10.1. The molecule has 3 rings (SSSR count). The third-order valence-electron chi connectivity index (χ3n) is 3.67. The molecule has 0 atom stereocenters. The maximum absolute atomic E-state index is 12.5. The number of H-pyrrole nitrogens is 1. The van der Waals surface area contributed by atoms with Crippen LogP contribution in [0.25, 0.3) is 11.3 Å². The van der Waals surface area contributed by atoms with Crippen LogP contribution in [0.2, 0.25) is 0 Å². The number of rotatable bonds is 3. The zero-order chi connectivity index (χ0) is 16.2. The Morgan fingerprint density at radius 1 is 0.870 bits per heavy atom. The van der Waals surface area contributed by atoms with Crippen molar-refractivity contribution in [2.75, 3.05) is 11.9 Å². The first-order chi connectivity index (χ1) is 11.2. The number of benzene rings is 2. The number of amides is 1. The molecule has 4 heteroatoms. The molecule has 1 heterocycles. The Balaban J connectivity index is 1.92. The summed E-state index contributed by atoms with van der Waals surface area (Å²) < 4.78 is 0. The van der Waals surface area contributed by atoms with Gasteiger partial charge in [0.15, 0.2) is 0 Å². The third-order valence-corrected chi connectivity index (χ3v) is 3.67. The number of aromatic nitrogens is 1. The van der Waals surface area contributed by atoms with E-state index < -0.39 is 0 Å². The zero-order valence-electron chi connectivity index (χ0n) is 12.7. The van der Waals surface area contributed by atoms with Gasteiger partial charge in [0.25, 0.3) is 11.5 Å². The van der Waals surface area contributed by atoms with Crippen LogP contribution in [0, 0.1) is 0 Å². The van der Waals surface area contributed by atoms with Gasteiger partial charge in [-0.05, 0) is 29.8 Å². The SMILES string of the molecule is CN(C(=O)c1ccc(-c2ccccc2)[nH]c1=O)c1ccccc1. The van der Waals surface area contributed by atoms with E-state index >= 15 is 0 Å². The number of para-hydroxylation sites is 1. The van der Waals surface area contributed by atoms with Crippen molar-refractivity contribution in [3.05, 3.63) is 88.7 Å². The zero-order valence-corrected chi connectivity index (χ0v) is 12.7. The first-order valence-electron chi connectivity index (χ1n) is 7.28. The summed E-state index contributed by atoms with van der Waals surface area (Å²) in [6.45, 7) is 0. The van der Waals surface area contributed by atoms with Gasteiger partial charge < -0.3 is 9.88 Å². The third kappa shape index (κ3) is 3.06. The van der Waals surface area contributed by atoms with E-state index in [0.717, 1.165) is 11.3 Å². The number of hydrogen-bond donors (Lipinski definition) is 1. The number of carbonyl (C=O) groups is 1. The minimum Gasteiger partial charge on any atom is -0.321 e. The van der Waals surface area contributed by atoms with Crippen molar-refractivity contribution in [2.45, 2.75) is 0 Å². The molecule has 0 saturated heterocycles. The molecule has 0 saturated carbocycles. The molecule has 0 spiro atoms. The minimum atomic E-state index is -0.390. The van der Waals surface area contributed by atoms with E-state index in [0.29, 0.717) is 5.69 Å². The maximum atomic E-state index is 12.5. The average molecular weight is 304 g/mol. The lowest BCUT2D eigenvalue weighted by Gasteiger charge is -2.17. The summed E-state index contributed by atoms with van der Waals surface area (Å²) in [5.41, 5.74) is 2.06. The number of aromatic amines is 1. The largest absolute Gasteiger partial charge is 0.321 e. The first-order valence-corrected chi connectivity index (χ1v) is 7.28. The standard InChI is InChI=1S/C19H16N2O2/c1-21(15-10-6-3-7-11-15)19(23)16-12-13-17(20-18(16)22)14-8-4-2-5-9-14/h2-13H,1H3,(H,20,22). The highest BCUT2D eigenvalue weighted by Crippen LogP contribution is 2.16. The summed E-state index contributed by atoms with van der Waals surface area (Å²) >= 11 is 0. The predicted molar refractivity (Wildman–Crippen MR) is 91.7 cm³/mol. The van der Waals surface area contributed by atoms with E-state index in [1.165, 1.54) is 4.90 Å². The Morgan fingerprint density at radius 2 is 1.48 bits per heavy atom. The number of hydrogen-bond acceptors (Lipinski definition) is 2. The van der Waals surface area contributed by atoms with Crippen LogP contribution in [0.15, 0.2) is 77.6 Å². The van der Waals surface area contributed by atoms with Crippen LogP contribution in [-0.4, -0.2) is 17.9 Å². The first kappa shape index (κ1) is 14.8.